The first-order valence-corrected chi connectivity index (χ1v) is 9.72. The maximum absolute atomic E-state index is 12.5. The molecule has 5 rings (SSSR count). The lowest BCUT2D eigenvalue weighted by atomic mass is 10.1. The van der Waals surface area contributed by atoms with Gasteiger partial charge in [0.05, 0.1) is 16.6 Å². The number of benzene rings is 3. The number of carbonyl (C=O) groups is 1. The summed E-state index contributed by atoms with van der Waals surface area (Å²) in [5.41, 5.74) is 8.68. The molecular formula is C23H16ClN5O. The number of halogens is 1. The van der Waals surface area contributed by atoms with E-state index in [9.17, 15) is 4.79 Å². The van der Waals surface area contributed by atoms with Crippen molar-refractivity contribution in [3.05, 3.63) is 95.6 Å². The highest BCUT2D eigenvalue weighted by Crippen LogP contribution is 2.29. The molecule has 2 aromatic heterocycles. The molecular weight excluding hydrogens is 398 g/mol. The summed E-state index contributed by atoms with van der Waals surface area (Å²) in [6, 6.07) is 24.3. The van der Waals surface area contributed by atoms with Crippen molar-refractivity contribution < 1.29 is 4.79 Å². The van der Waals surface area contributed by atoms with Crippen LogP contribution in [0.15, 0.2) is 85.1 Å². The summed E-state index contributed by atoms with van der Waals surface area (Å²) in [6.07, 6.45) is 1.90. The second-order valence-corrected chi connectivity index (χ2v) is 7.17. The van der Waals surface area contributed by atoms with Crippen molar-refractivity contribution in [1.82, 2.24) is 20.2 Å². The third-order valence-corrected chi connectivity index (χ3v) is 5.03. The van der Waals surface area contributed by atoms with Crippen LogP contribution in [0, 0.1) is 0 Å². The van der Waals surface area contributed by atoms with Crippen LogP contribution < -0.4 is 10.9 Å². The average molecular weight is 414 g/mol. The average Bonchev–Trinajstić information content (AvgIpc) is 3.24. The van der Waals surface area contributed by atoms with Gasteiger partial charge < -0.3 is 0 Å². The van der Waals surface area contributed by atoms with Gasteiger partial charge in [-0.1, -0.05) is 48.0 Å². The Morgan fingerprint density at radius 2 is 1.60 bits per heavy atom. The van der Waals surface area contributed by atoms with Crippen molar-refractivity contribution >= 4 is 45.1 Å². The van der Waals surface area contributed by atoms with Gasteiger partial charge in [-0.25, -0.2) is 9.67 Å². The van der Waals surface area contributed by atoms with Crippen LogP contribution in [-0.2, 0) is 0 Å². The first-order valence-electron chi connectivity index (χ1n) is 9.34. The number of hydrogen-bond donors (Lipinski definition) is 2. The Hall–Kier alpha value is -3.90. The summed E-state index contributed by atoms with van der Waals surface area (Å²) >= 11 is 5.90. The van der Waals surface area contributed by atoms with E-state index in [0.29, 0.717) is 16.4 Å². The second-order valence-electron chi connectivity index (χ2n) is 6.74. The first kappa shape index (κ1) is 18.1. The number of para-hydroxylation sites is 2. The predicted octanol–water partition coefficient (Wildman–Crippen LogP) is 4.98. The van der Waals surface area contributed by atoms with E-state index in [4.69, 9.17) is 16.7 Å². The van der Waals surface area contributed by atoms with Crippen molar-refractivity contribution in [2.24, 2.45) is 0 Å². The molecule has 146 valence electrons. The monoisotopic (exact) mass is 413 g/mol. The third kappa shape index (κ3) is 3.33. The number of amides is 1. The van der Waals surface area contributed by atoms with E-state index >= 15 is 0 Å². The molecule has 0 radical (unpaired) electrons. The third-order valence-electron chi connectivity index (χ3n) is 4.78. The number of carbonyl (C=O) groups excluding carboxylic acids is 1. The van der Waals surface area contributed by atoms with Crippen molar-refractivity contribution in [3.8, 4) is 5.69 Å². The minimum absolute atomic E-state index is 0.287. The number of anilines is 1. The molecule has 0 unspecified atom stereocenters. The topological polar surface area (TPSA) is 71.8 Å². The van der Waals surface area contributed by atoms with Crippen molar-refractivity contribution in [2.75, 3.05) is 5.43 Å². The summed E-state index contributed by atoms with van der Waals surface area (Å²) in [5.74, 6) is 0.235. The standard InChI is InChI=1S/C23H16ClN5O/c24-16-12-10-15(11-13-16)23(30)27-26-22-19-14-29(17-6-2-1-3-7-17)28-21(19)18-8-4-5-9-20(18)25-22/h1-14H,(H,25,26)(H,27,30). The van der Waals surface area contributed by atoms with Gasteiger partial charge in [-0.2, -0.15) is 5.10 Å². The molecule has 0 saturated heterocycles. The number of aromatic nitrogens is 3. The Morgan fingerprint density at radius 3 is 2.40 bits per heavy atom. The van der Waals surface area contributed by atoms with E-state index in [0.717, 1.165) is 27.5 Å². The molecule has 1 amide bonds. The summed E-state index contributed by atoms with van der Waals surface area (Å²) in [4.78, 5) is 17.2. The zero-order valence-electron chi connectivity index (χ0n) is 15.7. The number of pyridine rings is 1. The van der Waals surface area contributed by atoms with Crippen LogP contribution in [0.1, 0.15) is 10.4 Å². The molecule has 30 heavy (non-hydrogen) atoms. The van der Waals surface area contributed by atoms with E-state index < -0.39 is 0 Å². The van der Waals surface area contributed by atoms with Gasteiger partial charge in [0.1, 0.15) is 5.52 Å². The summed E-state index contributed by atoms with van der Waals surface area (Å²) < 4.78 is 1.81. The predicted molar refractivity (Wildman–Crippen MR) is 119 cm³/mol. The highest BCUT2D eigenvalue weighted by molar-refractivity contribution is 6.30. The van der Waals surface area contributed by atoms with E-state index in [1.54, 1.807) is 24.3 Å². The minimum atomic E-state index is -0.287. The van der Waals surface area contributed by atoms with Crippen molar-refractivity contribution in [2.45, 2.75) is 0 Å². The fourth-order valence-electron chi connectivity index (χ4n) is 3.30. The highest BCUT2D eigenvalue weighted by Gasteiger charge is 2.14. The number of hydrazine groups is 1. The number of nitrogens with zero attached hydrogens (tertiary/aromatic N) is 3. The van der Waals surface area contributed by atoms with Gasteiger partial charge in [-0.05, 0) is 42.5 Å². The molecule has 7 heteroatoms. The van der Waals surface area contributed by atoms with Crippen LogP contribution in [0.2, 0.25) is 5.02 Å². The van der Waals surface area contributed by atoms with Crippen LogP contribution in [0.25, 0.3) is 27.5 Å². The quantitative estimate of drug-likeness (QED) is 0.407. The maximum atomic E-state index is 12.5. The lowest BCUT2D eigenvalue weighted by molar-refractivity contribution is 0.0962. The second kappa shape index (κ2) is 7.50. The molecule has 6 nitrogen and oxygen atoms in total. The van der Waals surface area contributed by atoms with Crippen LogP contribution in [-0.4, -0.2) is 20.7 Å². The van der Waals surface area contributed by atoms with Crippen molar-refractivity contribution in [1.29, 1.82) is 0 Å². The molecule has 2 heterocycles. The molecule has 2 N–H and O–H groups in total. The normalized spacial score (nSPS) is 11.0. The Bertz CT molecular complexity index is 1360. The van der Waals surface area contributed by atoms with E-state index in [1.165, 1.54) is 0 Å². The Morgan fingerprint density at radius 1 is 0.867 bits per heavy atom. The summed E-state index contributed by atoms with van der Waals surface area (Å²) in [6.45, 7) is 0. The Kier molecular flexibility index (Phi) is 4.53. The van der Waals surface area contributed by atoms with Gasteiger partial charge in [0.15, 0.2) is 5.82 Å². The van der Waals surface area contributed by atoms with Crippen LogP contribution in [0.3, 0.4) is 0 Å². The van der Waals surface area contributed by atoms with Gasteiger partial charge in [0.2, 0.25) is 0 Å². The largest absolute Gasteiger partial charge is 0.281 e. The molecule has 0 aliphatic rings. The van der Waals surface area contributed by atoms with Gasteiger partial charge in [0, 0.05) is 22.2 Å². The fraction of sp³-hybridized carbons (Fsp3) is 0. The van der Waals surface area contributed by atoms with Crippen LogP contribution >= 0.6 is 11.6 Å². The highest BCUT2D eigenvalue weighted by atomic mass is 35.5. The SMILES string of the molecule is O=C(NNc1nc2ccccc2c2nn(-c3ccccc3)cc12)c1ccc(Cl)cc1. The van der Waals surface area contributed by atoms with Crippen LogP contribution in [0.4, 0.5) is 5.82 Å². The smallest absolute Gasteiger partial charge is 0.269 e. The van der Waals surface area contributed by atoms with Crippen molar-refractivity contribution in [3.63, 3.8) is 0 Å². The molecule has 0 atom stereocenters. The number of fused-ring (bicyclic) bond motifs is 3. The molecule has 3 aromatic carbocycles. The van der Waals surface area contributed by atoms with Gasteiger partial charge in [-0.15, -0.1) is 0 Å². The molecule has 0 aliphatic heterocycles. The molecule has 0 spiro atoms. The van der Waals surface area contributed by atoms with E-state index in [1.807, 2.05) is 65.5 Å². The number of hydrogen-bond acceptors (Lipinski definition) is 4. The van der Waals surface area contributed by atoms with Crippen LogP contribution in [0.5, 0.6) is 0 Å². The zero-order chi connectivity index (χ0) is 20.5. The van der Waals surface area contributed by atoms with Gasteiger partial charge in [-0.3, -0.25) is 15.6 Å². The maximum Gasteiger partial charge on any atom is 0.269 e. The van der Waals surface area contributed by atoms with Gasteiger partial charge >= 0.3 is 0 Å². The molecule has 0 bridgehead atoms. The molecule has 0 aliphatic carbocycles. The van der Waals surface area contributed by atoms with E-state index in [-0.39, 0.29) is 5.91 Å². The number of nitrogens with one attached hydrogen (secondary N) is 2. The number of rotatable bonds is 4. The lowest BCUT2D eigenvalue weighted by Crippen LogP contribution is -2.29. The lowest BCUT2D eigenvalue weighted by Gasteiger charge is -2.10. The molecule has 0 fully saturated rings. The minimum Gasteiger partial charge on any atom is -0.281 e. The fourth-order valence-corrected chi connectivity index (χ4v) is 3.42. The van der Waals surface area contributed by atoms with E-state index in [2.05, 4.69) is 15.8 Å². The first-order chi connectivity index (χ1) is 14.7. The molecule has 5 aromatic rings. The Labute approximate surface area is 177 Å². The summed E-state index contributed by atoms with van der Waals surface area (Å²) in [5, 5.41) is 7.09. The Balaban J connectivity index is 1.55. The van der Waals surface area contributed by atoms with Gasteiger partial charge in [0.25, 0.3) is 5.91 Å². The molecule has 0 saturated carbocycles. The zero-order valence-corrected chi connectivity index (χ0v) is 16.5. The summed E-state index contributed by atoms with van der Waals surface area (Å²) in [7, 11) is 0.